The van der Waals surface area contributed by atoms with Crippen LogP contribution in [-0.2, 0) is 18.8 Å². The van der Waals surface area contributed by atoms with Crippen LogP contribution < -0.4 is 0 Å². The molecule has 0 aromatic heterocycles. The normalized spacial score (nSPS) is 20.3. The second-order valence-corrected chi connectivity index (χ2v) is 18.4. The molecule has 0 aromatic rings. The smallest absolute Gasteiger partial charge is 0.462 e. The minimum Gasteiger partial charge on any atom is -0.462 e. The van der Waals surface area contributed by atoms with Gasteiger partial charge < -0.3 is 14.0 Å². The first-order chi connectivity index (χ1) is 17.6. The molecule has 1 aliphatic heterocycles. The molecule has 0 spiro atoms. The molecule has 0 aromatic carbocycles. The molecule has 4 nitrogen and oxygen atoms in total. The minimum atomic E-state index is -1.26. The predicted octanol–water partition coefficient (Wildman–Crippen LogP) is 8.67. The summed E-state index contributed by atoms with van der Waals surface area (Å²) in [4.78, 5) is 12.9. The fourth-order valence-corrected chi connectivity index (χ4v) is 4.48. The quantitative estimate of drug-likeness (QED) is 0.0957. The summed E-state index contributed by atoms with van der Waals surface area (Å²) < 4.78 is 17.6. The second-order valence-electron chi connectivity index (χ2n) is 12.8. The van der Waals surface area contributed by atoms with E-state index in [0.29, 0.717) is 24.0 Å². The van der Waals surface area contributed by atoms with Crippen LogP contribution in [0.3, 0.4) is 0 Å². The van der Waals surface area contributed by atoms with Gasteiger partial charge in [0.05, 0.1) is 23.4 Å². The van der Waals surface area contributed by atoms with E-state index in [0.717, 1.165) is 24.5 Å². The molecule has 0 aliphatic carbocycles. The van der Waals surface area contributed by atoms with Crippen molar-refractivity contribution in [2.75, 3.05) is 6.61 Å². The summed E-state index contributed by atoms with van der Waals surface area (Å²) >= 11 is 0. The van der Waals surface area contributed by atoms with Gasteiger partial charge in [0.1, 0.15) is 0 Å². The van der Waals surface area contributed by atoms with E-state index >= 15 is 0 Å². The van der Waals surface area contributed by atoms with Crippen LogP contribution >= 0.6 is 0 Å². The maximum absolute atomic E-state index is 12.9. The lowest BCUT2D eigenvalue weighted by Gasteiger charge is -2.32. The lowest BCUT2D eigenvalue weighted by molar-refractivity contribution is -0.138. The Balaban J connectivity index is 2.76. The van der Waals surface area contributed by atoms with Gasteiger partial charge in [-0.2, -0.15) is 0 Å². The lowest BCUT2D eigenvalue weighted by Crippen LogP contribution is -2.41. The number of ether oxygens (including phenoxy) is 1. The zero-order valence-corrected chi connectivity index (χ0v) is 27.0. The van der Waals surface area contributed by atoms with Crippen LogP contribution in [0.1, 0.15) is 68.2 Å². The van der Waals surface area contributed by atoms with Gasteiger partial charge in [-0.15, -0.1) is 0 Å². The van der Waals surface area contributed by atoms with Gasteiger partial charge in [-0.25, -0.2) is 4.79 Å². The minimum absolute atomic E-state index is 0.223. The first-order valence-corrected chi connectivity index (χ1v) is 17.9. The Bertz CT molecular complexity index is 916. The third-order valence-corrected chi connectivity index (χ3v) is 8.80. The second kappa shape index (κ2) is 15.6. The van der Waals surface area contributed by atoms with E-state index in [4.69, 9.17) is 14.0 Å². The largest absolute Gasteiger partial charge is 0.487 e. The fraction of sp³-hybridized carbons (Fsp3) is 0.594. The van der Waals surface area contributed by atoms with Crippen molar-refractivity contribution in [2.45, 2.75) is 105 Å². The monoisotopic (exact) mass is 540 g/mol. The third kappa shape index (κ3) is 13.3. The number of carbonyl (C=O) groups excluding carboxylic acids is 1. The summed E-state index contributed by atoms with van der Waals surface area (Å²) in [6, 6.07) is 0.973. The van der Waals surface area contributed by atoms with Gasteiger partial charge in [-0.1, -0.05) is 107 Å². The van der Waals surface area contributed by atoms with Crippen LogP contribution in [-0.4, -0.2) is 39.0 Å². The maximum atomic E-state index is 12.9. The van der Waals surface area contributed by atoms with Crippen molar-refractivity contribution < 1.29 is 18.8 Å². The zero-order valence-electron chi connectivity index (χ0n) is 26.0. The van der Waals surface area contributed by atoms with Crippen molar-refractivity contribution in [1.29, 1.82) is 0 Å². The standard InChI is InChI=1S/C32H53BO4Si/c1-12-26(2)23-28(4)25-29(30(34)35-21-22-38(9,10)11)24-27(3)19-17-15-13-14-16-18-20-33-36-31(5,6)32(7,8)37-33/h13-20,24-26,28H,12,21-23H2,1-11H3/b15-13+,16-14+,19-17+,20-18+,27-24+,29-25-/t26-,28-/m0/s1. The van der Waals surface area contributed by atoms with Crippen molar-refractivity contribution in [3.63, 3.8) is 0 Å². The Kier molecular flexibility index (Phi) is 14.1. The van der Waals surface area contributed by atoms with Crippen LogP contribution in [0.2, 0.25) is 25.7 Å². The van der Waals surface area contributed by atoms with Gasteiger partial charge in [0.25, 0.3) is 0 Å². The number of rotatable bonds is 14. The van der Waals surface area contributed by atoms with E-state index in [1.54, 1.807) is 0 Å². The molecule has 1 rings (SSSR count). The molecule has 6 heteroatoms. The predicted molar refractivity (Wildman–Crippen MR) is 167 cm³/mol. The lowest BCUT2D eigenvalue weighted by atomic mass is 9.90. The molecule has 1 saturated heterocycles. The van der Waals surface area contributed by atoms with Crippen molar-refractivity contribution >= 4 is 21.2 Å². The molecule has 212 valence electrons. The highest BCUT2D eigenvalue weighted by molar-refractivity contribution is 6.76. The Morgan fingerprint density at radius 1 is 0.947 bits per heavy atom. The van der Waals surface area contributed by atoms with E-state index in [2.05, 4.69) is 46.5 Å². The highest BCUT2D eigenvalue weighted by Gasteiger charge is 2.49. The molecular formula is C32H53BO4Si. The molecule has 38 heavy (non-hydrogen) atoms. The third-order valence-electron chi connectivity index (χ3n) is 7.09. The van der Waals surface area contributed by atoms with E-state index < -0.39 is 8.07 Å². The summed E-state index contributed by atoms with van der Waals surface area (Å²) in [5, 5.41) is 0. The highest BCUT2D eigenvalue weighted by Crippen LogP contribution is 2.36. The molecule has 0 radical (unpaired) electrons. The number of hydrogen-bond acceptors (Lipinski definition) is 4. The molecule has 0 amide bonds. The Hall–Kier alpha value is -1.89. The zero-order chi connectivity index (χ0) is 29.0. The Labute approximate surface area is 235 Å². The Morgan fingerprint density at radius 2 is 1.50 bits per heavy atom. The molecule has 1 aliphatic rings. The summed E-state index contributed by atoms with van der Waals surface area (Å²) in [5.41, 5.74) is 1.000. The molecule has 0 N–H and O–H groups in total. The van der Waals surface area contributed by atoms with Crippen LogP contribution in [0.15, 0.2) is 71.8 Å². The fourth-order valence-electron chi connectivity index (χ4n) is 3.76. The number of esters is 1. The summed E-state index contributed by atoms with van der Waals surface area (Å²) in [6.07, 6.45) is 20.0. The van der Waals surface area contributed by atoms with Gasteiger partial charge >= 0.3 is 13.1 Å². The van der Waals surface area contributed by atoms with Crippen LogP contribution in [0.5, 0.6) is 0 Å². The van der Waals surface area contributed by atoms with Crippen molar-refractivity contribution in [1.82, 2.24) is 0 Å². The topological polar surface area (TPSA) is 44.8 Å². The summed E-state index contributed by atoms with van der Waals surface area (Å²) in [5.74, 6) is 2.63. The highest BCUT2D eigenvalue weighted by atomic mass is 28.3. The SMILES string of the molecule is CC[C@H](C)C[C@H](C)/C=C(/C=C(C)/C=C/C=C/C=C/C=C/B1OC(C)(C)C(C)(C)O1)C(=O)OCC[Si](C)(C)C. The van der Waals surface area contributed by atoms with E-state index in [-0.39, 0.29) is 24.3 Å². The molecule has 0 unspecified atom stereocenters. The Morgan fingerprint density at radius 3 is 2.05 bits per heavy atom. The van der Waals surface area contributed by atoms with Crippen LogP contribution in [0, 0.1) is 11.8 Å². The molecule has 1 fully saturated rings. The van der Waals surface area contributed by atoms with Gasteiger partial charge in [0, 0.05) is 8.07 Å². The molecule has 2 atom stereocenters. The number of hydrogen-bond donors (Lipinski definition) is 0. The number of allylic oxidation sites excluding steroid dienone is 9. The first kappa shape index (κ1) is 34.1. The van der Waals surface area contributed by atoms with Crippen molar-refractivity contribution in [3.8, 4) is 0 Å². The van der Waals surface area contributed by atoms with E-state index in [1.807, 2.05) is 89.2 Å². The molecule has 0 bridgehead atoms. The van der Waals surface area contributed by atoms with Gasteiger partial charge in [0.15, 0.2) is 0 Å². The number of carbonyl (C=O) groups is 1. The molecule has 0 saturated carbocycles. The van der Waals surface area contributed by atoms with E-state index in [9.17, 15) is 4.79 Å². The van der Waals surface area contributed by atoms with Crippen LogP contribution in [0.25, 0.3) is 0 Å². The van der Waals surface area contributed by atoms with Crippen molar-refractivity contribution in [3.05, 3.63) is 71.8 Å². The summed E-state index contributed by atoms with van der Waals surface area (Å²) in [7, 11) is -1.59. The molecule has 1 heterocycles. The maximum Gasteiger partial charge on any atom is 0.487 e. The van der Waals surface area contributed by atoms with E-state index in [1.165, 1.54) is 0 Å². The van der Waals surface area contributed by atoms with Gasteiger partial charge in [-0.05, 0) is 65.0 Å². The average molecular weight is 541 g/mol. The first-order valence-electron chi connectivity index (χ1n) is 14.2. The van der Waals surface area contributed by atoms with Gasteiger partial charge in [-0.3, -0.25) is 0 Å². The van der Waals surface area contributed by atoms with Crippen LogP contribution in [0.4, 0.5) is 0 Å². The summed E-state index contributed by atoms with van der Waals surface area (Å²) in [6.45, 7) is 24.2. The van der Waals surface area contributed by atoms with Crippen molar-refractivity contribution in [2.24, 2.45) is 11.8 Å². The molecular weight excluding hydrogens is 487 g/mol. The average Bonchev–Trinajstić information content (AvgIpc) is 2.99. The van der Waals surface area contributed by atoms with Gasteiger partial charge in [0.2, 0.25) is 0 Å².